The molecule has 0 atom stereocenters. The molecule has 0 aliphatic carbocycles. The normalized spacial score (nSPS) is 11.2. The van der Waals surface area contributed by atoms with Crippen LogP contribution in [0.25, 0.3) is 0 Å². The number of furan rings is 1. The Morgan fingerprint density at radius 3 is 2.65 bits per heavy atom. The standard InChI is InChI=1S/C14H16F2N2OS/c15-14(16)20-10-13-2-1-12(19-13)9-18-8-5-11-3-6-17-7-4-11/h1-4,6-7,14,18H,5,8-10H2. The SMILES string of the molecule is FC(F)SCc1ccc(CNCCc2ccncc2)o1. The van der Waals surface area contributed by atoms with E-state index in [-0.39, 0.29) is 5.75 Å². The van der Waals surface area contributed by atoms with E-state index in [1.807, 2.05) is 18.2 Å². The van der Waals surface area contributed by atoms with E-state index >= 15 is 0 Å². The zero-order valence-corrected chi connectivity index (χ0v) is 11.7. The van der Waals surface area contributed by atoms with Crippen molar-refractivity contribution in [3.63, 3.8) is 0 Å². The monoisotopic (exact) mass is 298 g/mol. The fourth-order valence-corrected chi connectivity index (χ4v) is 2.18. The number of halogens is 2. The summed E-state index contributed by atoms with van der Waals surface area (Å²) < 4.78 is 29.5. The molecular formula is C14H16F2N2OS. The largest absolute Gasteiger partial charge is 0.464 e. The molecule has 2 heterocycles. The Balaban J connectivity index is 1.67. The quantitative estimate of drug-likeness (QED) is 0.757. The molecule has 0 aliphatic rings. The van der Waals surface area contributed by atoms with E-state index < -0.39 is 5.76 Å². The van der Waals surface area contributed by atoms with Gasteiger partial charge in [0.25, 0.3) is 5.76 Å². The summed E-state index contributed by atoms with van der Waals surface area (Å²) in [5.74, 6) is -0.804. The molecule has 0 aromatic carbocycles. The lowest BCUT2D eigenvalue weighted by molar-refractivity contribution is 0.251. The van der Waals surface area contributed by atoms with E-state index in [2.05, 4.69) is 10.3 Å². The van der Waals surface area contributed by atoms with Crippen LogP contribution < -0.4 is 5.32 Å². The third kappa shape index (κ3) is 5.30. The molecule has 1 N–H and O–H groups in total. The summed E-state index contributed by atoms with van der Waals surface area (Å²) in [6.07, 6.45) is 4.46. The summed E-state index contributed by atoms with van der Waals surface area (Å²) in [6.45, 7) is 1.43. The van der Waals surface area contributed by atoms with Crippen molar-refractivity contribution in [1.29, 1.82) is 0 Å². The van der Waals surface area contributed by atoms with Crippen LogP contribution >= 0.6 is 11.8 Å². The number of hydrogen-bond donors (Lipinski definition) is 1. The zero-order valence-electron chi connectivity index (χ0n) is 10.9. The molecule has 0 fully saturated rings. The minimum Gasteiger partial charge on any atom is -0.464 e. The maximum Gasteiger partial charge on any atom is 0.284 e. The topological polar surface area (TPSA) is 38.1 Å². The Kier molecular flexibility index (Phi) is 6.01. The summed E-state index contributed by atoms with van der Waals surface area (Å²) in [6, 6.07) is 7.53. The van der Waals surface area contributed by atoms with Crippen molar-refractivity contribution in [3.05, 3.63) is 53.7 Å². The third-order valence-corrected chi connectivity index (χ3v) is 3.41. The molecule has 0 bridgehead atoms. The zero-order chi connectivity index (χ0) is 14.2. The Morgan fingerprint density at radius 2 is 1.90 bits per heavy atom. The molecule has 108 valence electrons. The number of rotatable bonds is 8. The minimum atomic E-state index is -2.36. The lowest BCUT2D eigenvalue weighted by Gasteiger charge is -2.03. The number of alkyl halides is 2. The molecule has 6 heteroatoms. The first-order valence-electron chi connectivity index (χ1n) is 6.31. The smallest absolute Gasteiger partial charge is 0.284 e. The molecule has 20 heavy (non-hydrogen) atoms. The molecule has 0 saturated carbocycles. The highest BCUT2D eigenvalue weighted by atomic mass is 32.2. The van der Waals surface area contributed by atoms with Crippen LogP contribution in [0.3, 0.4) is 0 Å². The van der Waals surface area contributed by atoms with Crippen molar-refractivity contribution in [1.82, 2.24) is 10.3 Å². The van der Waals surface area contributed by atoms with Crippen molar-refractivity contribution in [3.8, 4) is 0 Å². The first-order valence-corrected chi connectivity index (χ1v) is 7.36. The molecule has 0 spiro atoms. The maximum absolute atomic E-state index is 12.0. The van der Waals surface area contributed by atoms with Crippen molar-refractivity contribution >= 4 is 11.8 Å². The van der Waals surface area contributed by atoms with E-state index in [1.54, 1.807) is 18.5 Å². The van der Waals surface area contributed by atoms with Crippen molar-refractivity contribution < 1.29 is 13.2 Å². The lowest BCUT2D eigenvalue weighted by Crippen LogP contribution is -2.16. The van der Waals surface area contributed by atoms with Gasteiger partial charge in [-0.3, -0.25) is 4.98 Å². The van der Waals surface area contributed by atoms with Gasteiger partial charge in [-0.1, -0.05) is 11.8 Å². The molecule has 0 radical (unpaired) electrons. The fourth-order valence-electron chi connectivity index (χ4n) is 1.73. The van der Waals surface area contributed by atoms with Gasteiger partial charge in [0.15, 0.2) is 0 Å². The number of pyridine rings is 1. The van der Waals surface area contributed by atoms with Crippen molar-refractivity contribution in [2.75, 3.05) is 6.54 Å². The van der Waals surface area contributed by atoms with Crippen molar-refractivity contribution in [2.24, 2.45) is 0 Å². The van der Waals surface area contributed by atoms with E-state index in [0.717, 1.165) is 18.7 Å². The number of thioether (sulfide) groups is 1. The molecule has 2 aromatic heterocycles. The predicted molar refractivity (Wildman–Crippen MR) is 75.7 cm³/mol. The molecule has 0 unspecified atom stereocenters. The van der Waals surface area contributed by atoms with E-state index in [1.165, 1.54) is 5.56 Å². The second kappa shape index (κ2) is 8.01. The predicted octanol–water partition coefficient (Wildman–Crippen LogP) is 3.46. The highest BCUT2D eigenvalue weighted by Crippen LogP contribution is 2.21. The van der Waals surface area contributed by atoms with Gasteiger partial charge in [0.2, 0.25) is 0 Å². The number of nitrogens with one attached hydrogen (secondary N) is 1. The summed E-state index contributed by atoms with van der Waals surface area (Å²) in [5, 5.41) is 3.26. The number of nitrogens with zero attached hydrogens (tertiary/aromatic N) is 1. The Hall–Kier alpha value is -1.40. The first kappa shape index (κ1) is 15.0. The van der Waals surface area contributed by atoms with E-state index in [4.69, 9.17) is 4.42 Å². The summed E-state index contributed by atoms with van der Waals surface area (Å²) in [4.78, 5) is 3.96. The van der Waals surface area contributed by atoms with Crippen molar-refractivity contribution in [2.45, 2.75) is 24.5 Å². The third-order valence-electron chi connectivity index (χ3n) is 2.71. The van der Waals surface area contributed by atoms with Gasteiger partial charge in [0.05, 0.1) is 12.3 Å². The average molecular weight is 298 g/mol. The maximum atomic E-state index is 12.0. The Morgan fingerprint density at radius 1 is 1.15 bits per heavy atom. The average Bonchev–Trinajstić information content (AvgIpc) is 2.90. The van der Waals surface area contributed by atoms with Crippen LogP contribution in [0.1, 0.15) is 17.1 Å². The molecule has 2 aromatic rings. The Labute approximate surface area is 120 Å². The van der Waals surface area contributed by atoms with Crippen LogP contribution in [0.5, 0.6) is 0 Å². The molecule has 3 nitrogen and oxygen atoms in total. The van der Waals surface area contributed by atoms with Crippen LogP contribution in [-0.4, -0.2) is 17.3 Å². The molecule has 2 rings (SSSR count). The molecule has 0 amide bonds. The molecule has 0 saturated heterocycles. The van der Waals surface area contributed by atoms with Crippen LogP contribution in [0.2, 0.25) is 0 Å². The van der Waals surface area contributed by atoms with Crippen LogP contribution in [0.15, 0.2) is 41.1 Å². The molecule has 0 aliphatic heterocycles. The summed E-state index contributed by atoms with van der Waals surface area (Å²) >= 11 is 0.570. The lowest BCUT2D eigenvalue weighted by atomic mass is 10.2. The summed E-state index contributed by atoms with van der Waals surface area (Å²) in [5.41, 5.74) is 1.22. The van der Waals surface area contributed by atoms with Crippen LogP contribution in [0.4, 0.5) is 8.78 Å². The van der Waals surface area contributed by atoms with Gasteiger partial charge in [-0.05, 0) is 42.8 Å². The number of aromatic nitrogens is 1. The van der Waals surface area contributed by atoms with Crippen LogP contribution in [0, 0.1) is 0 Å². The second-order valence-electron chi connectivity index (χ2n) is 4.22. The minimum absolute atomic E-state index is 0.203. The van der Waals surface area contributed by atoms with Gasteiger partial charge in [-0.25, -0.2) is 0 Å². The van der Waals surface area contributed by atoms with E-state index in [9.17, 15) is 8.78 Å². The van der Waals surface area contributed by atoms with Gasteiger partial charge in [-0.15, -0.1) is 0 Å². The molecular weight excluding hydrogens is 282 g/mol. The van der Waals surface area contributed by atoms with Gasteiger partial charge >= 0.3 is 0 Å². The fraction of sp³-hybridized carbons (Fsp3) is 0.357. The first-order chi connectivity index (χ1) is 9.74. The van der Waals surface area contributed by atoms with Crippen LogP contribution in [-0.2, 0) is 18.7 Å². The van der Waals surface area contributed by atoms with Gasteiger partial charge in [0, 0.05) is 12.4 Å². The van der Waals surface area contributed by atoms with Gasteiger partial charge in [-0.2, -0.15) is 8.78 Å². The van der Waals surface area contributed by atoms with Gasteiger partial charge in [0.1, 0.15) is 11.5 Å². The summed E-state index contributed by atoms with van der Waals surface area (Å²) in [7, 11) is 0. The van der Waals surface area contributed by atoms with E-state index in [0.29, 0.717) is 24.1 Å². The Bertz CT molecular complexity index is 505. The highest BCUT2D eigenvalue weighted by molar-refractivity contribution is 7.98. The highest BCUT2D eigenvalue weighted by Gasteiger charge is 2.07. The second-order valence-corrected chi connectivity index (χ2v) is 5.20. The van der Waals surface area contributed by atoms with Gasteiger partial charge < -0.3 is 9.73 Å². The number of hydrogen-bond acceptors (Lipinski definition) is 4.